The van der Waals surface area contributed by atoms with Crippen LogP contribution in [0.4, 0.5) is 5.69 Å². The minimum Gasteiger partial charge on any atom is -0.493 e. The van der Waals surface area contributed by atoms with Crippen LogP contribution in [0.5, 0.6) is 11.5 Å². The van der Waals surface area contributed by atoms with Crippen molar-refractivity contribution in [3.63, 3.8) is 0 Å². The number of hydrogen-bond donors (Lipinski definition) is 1. The van der Waals surface area contributed by atoms with Gasteiger partial charge in [0.05, 0.1) is 24.3 Å². The summed E-state index contributed by atoms with van der Waals surface area (Å²) in [5, 5.41) is 9.60. The number of hydrogen-bond acceptors (Lipinski definition) is 6. The highest BCUT2D eigenvalue weighted by Crippen LogP contribution is 2.37. The van der Waals surface area contributed by atoms with Crippen molar-refractivity contribution < 1.29 is 19.4 Å². The fourth-order valence-corrected chi connectivity index (χ4v) is 3.90. The lowest BCUT2D eigenvalue weighted by Crippen LogP contribution is -2.29. The van der Waals surface area contributed by atoms with E-state index < -0.39 is 0 Å². The number of nitrogens with zero attached hydrogens (tertiary/aromatic N) is 2. The number of thioether (sulfide) groups is 1. The van der Waals surface area contributed by atoms with Gasteiger partial charge in [0, 0.05) is 6.04 Å². The summed E-state index contributed by atoms with van der Waals surface area (Å²) in [5.41, 5.74) is 1.60. The lowest BCUT2D eigenvalue weighted by molar-refractivity contribution is -0.113. The summed E-state index contributed by atoms with van der Waals surface area (Å²) < 4.78 is 10.8. The summed E-state index contributed by atoms with van der Waals surface area (Å²) >= 11 is 1.36. The van der Waals surface area contributed by atoms with Crippen molar-refractivity contribution in [2.45, 2.75) is 19.9 Å². The summed E-state index contributed by atoms with van der Waals surface area (Å²) in [6.07, 6.45) is 1.82. The second-order valence-corrected chi connectivity index (χ2v) is 7.58. The molecule has 0 aliphatic carbocycles. The van der Waals surface area contributed by atoms with Gasteiger partial charge in [0.1, 0.15) is 6.61 Å². The number of benzene rings is 2. The van der Waals surface area contributed by atoms with Gasteiger partial charge in [-0.2, -0.15) is 0 Å². The number of aliphatic hydroxyl groups is 1. The molecule has 0 aromatic heterocycles. The number of amidine groups is 1. The predicted octanol–water partition coefficient (Wildman–Crippen LogP) is 3.95. The average Bonchev–Trinajstić information content (AvgIpc) is 3.01. The number of carbonyl (C=O) groups is 1. The SMILES string of the molecule is COc1cc(/C=C2\S/C(=N\C(C)C)N(c3ccccc3)C2=O)ccc1OCCO. The molecule has 29 heavy (non-hydrogen) atoms. The van der Waals surface area contributed by atoms with Gasteiger partial charge in [-0.25, -0.2) is 0 Å². The maximum atomic E-state index is 13.1. The summed E-state index contributed by atoms with van der Waals surface area (Å²) in [7, 11) is 1.55. The molecular weight excluding hydrogens is 388 g/mol. The molecule has 1 aliphatic rings. The van der Waals surface area contributed by atoms with E-state index in [0.717, 1.165) is 11.3 Å². The van der Waals surface area contributed by atoms with Crippen molar-refractivity contribution in [1.82, 2.24) is 0 Å². The fraction of sp³-hybridized carbons (Fsp3) is 0.273. The highest BCUT2D eigenvalue weighted by Gasteiger charge is 2.34. The Morgan fingerprint density at radius 1 is 1.17 bits per heavy atom. The molecule has 1 fully saturated rings. The first-order valence-corrected chi connectivity index (χ1v) is 10.1. The standard InChI is InChI=1S/C22H24N2O4S/c1-15(2)23-22-24(17-7-5-4-6-8-17)21(26)20(29-22)14-16-9-10-18(28-12-11-25)19(13-16)27-3/h4-10,13-15,25H,11-12H2,1-3H3/b20-14-,23-22-. The first-order chi connectivity index (χ1) is 14.0. The van der Waals surface area contributed by atoms with E-state index in [4.69, 9.17) is 14.6 Å². The van der Waals surface area contributed by atoms with Crippen LogP contribution in [0.15, 0.2) is 58.4 Å². The van der Waals surface area contributed by atoms with E-state index >= 15 is 0 Å². The van der Waals surface area contributed by atoms with Crippen molar-refractivity contribution in [3.05, 3.63) is 59.0 Å². The summed E-state index contributed by atoms with van der Waals surface area (Å²) in [6.45, 7) is 4.08. The van der Waals surface area contributed by atoms with Gasteiger partial charge >= 0.3 is 0 Å². The number of aliphatic imine (C=N–C) groups is 1. The van der Waals surface area contributed by atoms with Gasteiger partial charge < -0.3 is 14.6 Å². The summed E-state index contributed by atoms with van der Waals surface area (Å²) in [6, 6.07) is 15.0. The van der Waals surface area contributed by atoms with Crippen LogP contribution >= 0.6 is 11.8 Å². The number of rotatable bonds is 7. The van der Waals surface area contributed by atoms with Crippen molar-refractivity contribution >= 4 is 34.6 Å². The molecule has 2 aromatic carbocycles. The fourth-order valence-electron chi connectivity index (χ4n) is 2.79. The van der Waals surface area contributed by atoms with E-state index in [0.29, 0.717) is 21.6 Å². The molecule has 2 aromatic rings. The molecule has 0 saturated carbocycles. The monoisotopic (exact) mass is 412 g/mol. The van der Waals surface area contributed by atoms with E-state index in [1.165, 1.54) is 11.8 Å². The molecular formula is C22H24N2O4S. The number of amides is 1. The number of carbonyl (C=O) groups excluding carboxylic acids is 1. The van der Waals surface area contributed by atoms with Crippen molar-refractivity contribution in [1.29, 1.82) is 0 Å². The zero-order valence-electron chi connectivity index (χ0n) is 16.7. The van der Waals surface area contributed by atoms with E-state index in [-0.39, 0.29) is 25.2 Å². The van der Waals surface area contributed by atoms with Gasteiger partial charge in [-0.15, -0.1) is 0 Å². The van der Waals surface area contributed by atoms with Crippen LogP contribution in [0.25, 0.3) is 6.08 Å². The maximum absolute atomic E-state index is 13.1. The van der Waals surface area contributed by atoms with Crippen LogP contribution in [0.1, 0.15) is 19.4 Å². The normalized spacial score (nSPS) is 16.9. The third kappa shape index (κ3) is 4.99. The van der Waals surface area contributed by atoms with Gasteiger partial charge in [0.2, 0.25) is 0 Å². The van der Waals surface area contributed by atoms with Gasteiger partial charge in [-0.1, -0.05) is 24.3 Å². The van der Waals surface area contributed by atoms with Crippen LogP contribution in [-0.2, 0) is 4.79 Å². The molecule has 1 saturated heterocycles. The largest absolute Gasteiger partial charge is 0.493 e. The zero-order chi connectivity index (χ0) is 20.8. The molecule has 0 atom stereocenters. The van der Waals surface area contributed by atoms with E-state index in [1.807, 2.05) is 56.3 Å². The predicted molar refractivity (Wildman–Crippen MR) is 118 cm³/mol. The Bertz CT molecular complexity index is 926. The van der Waals surface area contributed by atoms with Crippen LogP contribution in [0.3, 0.4) is 0 Å². The van der Waals surface area contributed by atoms with Crippen LogP contribution in [0.2, 0.25) is 0 Å². The van der Waals surface area contributed by atoms with Crippen LogP contribution < -0.4 is 14.4 Å². The highest BCUT2D eigenvalue weighted by atomic mass is 32.2. The number of ether oxygens (including phenoxy) is 2. The van der Waals surface area contributed by atoms with E-state index in [1.54, 1.807) is 24.1 Å². The molecule has 0 spiro atoms. The lowest BCUT2D eigenvalue weighted by Gasteiger charge is -2.16. The molecule has 0 bridgehead atoms. The third-order valence-electron chi connectivity index (χ3n) is 4.02. The third-order valence-corrected chi connectivity index (χ3v) is 5.01. The molecule has 152 valence electrons. The zero-order valence-corrected chi connectivity index (χ0v) is 17.5. The molecule has 0 unspecified atom stereocenters. The van der Waals surface area contributed by atoms with Gasteiger partial charge in [-0.05, 0) is 61.5 Å². The Morgan fingerprint density at radius 3 is 2.59 bits per heavy atom. The molecule has 7 heteroatoms. The molecule has 3 rings (SSSR count). The van der Waals surface area contributed by atoms with E-state index in [2.05, 4.69) is 4.99 Å². The minimum atomic E-state index is -0.111. The minimum absolute atomic E-state index is 0.0684. The second-order valence-electron chi connectivity index (χ2n) is 6.57. The molecule has 1 N–H and O–H groups in total. The van der Waals surface area contributed by atoms with Gasteiger partial charge in [0.15, 0.2) is 16.7 Å². The molecule has 1 amide bonds. The van der Waals surface area contributed by atoms with Crippen LogP contribution in [-0.4, -0.2) is 42.5 Å². The van der Waals surface area contributed by atoms with Gasteiger partial charge in [-0.3, -0.25) is 14.7 Å². The maximum Gasteiger partial charge on any atom is 0.271 e. The molecule has 1 heterocycles. The number of para-hydroxylation sites is 1. The molecule has 6 nitrogen and oxygen atoms in total. The first kappa shape index (κ1) is 21.0. The second kappa shape index (κ2) is 9.62. The Labute approximate surface area is 174 Å². The number of aliphatic hydroxyl groups excluding tert-OH is 1. The number of anilines is 1. The topological polar surface area (TPSA) is 71.4 Å². The summed E-state index contributed by atoms with van der Waals surface area (Å²) in [5.74, 6) is 0.974. The lowest BCUT2D eigenvalue weighted by atomic mass is 10.2. The first-order valence-electron chi connectivity index (χ1n) is 9.32. The van der Waals surface area contributed by atoms with Crippen molar-refractivity contribution in [2.24, 2.45) is 4.99 Å². The Morgan fingerprint density at radius 2 is 1.93 bits per heavy atom. The highest BCUT2D eigenvalue weighted by molar-refractivity contribution is 8.19. The van der Waals surface area contributed by atoms with Gasteiger partial charge in [0.25, 0.3) is 5.91 Å². The smallest absolute Gasteiger partial charge is 0.271 e. The van der Waals surface area contributed by atoms with E-state index in [9.17, 15) is 4.79 Å². The molecule has 1 aliphatic heterocycles. The summed E-state index contributed by atoms with van der Waals surface area (Å²) in [4.78, 5) is 20.0. The quantitative estimate of drug-likeness (QED) is 0.697. The Hall–Kier alpha value is -2.77. The average molecular weight is 413 g/mol. The number of methoxy groups -OCH3 is 1. The van der Waals surface area contributed by atoms with Crippen molar-refractivity contribution in [3.8, 4) is 11.5 Å². The molecule has 0 radical (unpaired) electrons. The Kier molecular flexibility index (Phi) is 6.95. The van der Waals surface area contributed by atoms with Crippen molar-refractivity contribution in [2.75, 3.05) is 25.2 Å². The Balaban J connectivity index is 1.94. The van der Waals surface area contributed by atoms with Crippen LogP contribution in [0, 0.1) is 0 Å².